The molecule has 13 heavy (non-hydrogen) atoms. The van der Waals surface area contributed by atoms with Crippen molar-refractivity contribution in [2.24, 2.45) is 5.92 Å². The number of amides is 1. The summed E-state index contributed by atoms with van der Waals surface area (Å²) in [4.78, 5) is 13.7. The Hall–Kier alpha value is -0.570. The third-order valence-electron chi connectivity index (χ3n) is 3.36. The van der Waals surface area contributed by atoms with Crippen LogP contribution < -0.4 is 5.32 Å². The number of nitrogens with one attached hydrogen (secondary N) is 1. The third-order valence-corrected chi connectivity index (χ3v) is 3.36. The standard InChI is InChI=1S/C10H18N2O/c1-2-12-9-5-6-11-7-8(9)3-4-10(12)13/h8-9,11H,2-7H2,1H3/t8-,9+/m0/s1. The summed E-state index contributed by atoms with van der Waals surface area (Å²) in [5, 5.41) is 3.41. The van der Waals surface area contributed by atoms with Gasteiger partial charge in [0.25, 0.3) is 0 Å². The second-order valence-electron chi connectivity index (χ2n) is 4.04. The second-order valence-corrected chi connectivity index (χ2v) is 4.04. The first-order chi connectivity index (χ1) is 6.33. The number of fused-ring (bicyclic) bond motifs is 1. The topological polar surface area (TPSA) is 32.3 Å². The van der Waals surface area contributed by atoms with E-state index in [-0.39, 0.29) is 0 Å². The smallest absolute Gasteiger partial charge is 0.222 e. The van der Waals surface area contributed by atoms with Crippen LogP contribution in [0.5, 0.6) is 0 Å². The minimum Gasteiger partial charge on any atom is -0.340 e. The van der Waals surface area contributed by atoms with Gasteiger partial charge < -0.3 is 10.2 Å². The van der Waals surface area contributed by atoms with E-state index in [9.17, 15) is 4.79 Å². The Morgan fingerprint density at radius 3 is 3.15 bits per heavy atom. The van der Waals surface area contributed by atoms with Crippen molar-refractivity contribution < 1.29 is 4.79 Å². The third kappa shape index (κ3) is 1.57. The molecular formula is C10H18N2O. The van der Waals surface area contributed by atoms with Crippen molar-refractivity contribution in [3.8, 4) is 0 Å². The van der Waals surface area contributed by atoms with Crippen molar-refractivity contribution in [1.82, 2.24) is 10.2 Å². The van der Waals surface area contributed by atoms with Gasteiger partial charge in [-0.2, -0.15) is 0 Å². The molecule has 1 N–H and O–H groups in total. The number of piperidine rings is 2. The van der Waals surface area contributed by atoms with E-state index in [0.29, 0.717) is 17.9 Å². The predicted molar refractivity (Wildman–Crippen MR) is 51.4 cm³/mol. The Bertz CT molecular complexity index is 205. The van der Waals surface area contributed by atoms with E-state index in [1.54, 1.807) is 0 Å². The molecule has 0 bridgehead atoms. The maximum Gasteiger partial charge on any atom is 0.222 e. The Morgan fingerprint density at radius 2 is 2.38 bits per heavy atom. The van der Waals surface area contributed by atoms with E-state index in [0.717, 1.165) is 38.9 Å². The van der Waals surface area contributed by atoms with Crippen LogP contribution in [-0.2, 0) is 4.79 Å². The minimum absolute atomic E-state index is 0.366. The van der Waals surface area contributed by atoms with Crippen LogP contribution in [-0.4, -0.2) is 36.5 Å². The van der Waals surface area contributed by atoms with Gasteiger partial charge in [-0.25, -0.2) is 0 Å². The summed E-state index contributed by atoms with van der Waals surface area (Å²) in [5.41, 5.74) is 0. The zero-order chi connectivity index (χ0) is 9.26. The van der Waals surface area contributed by atoms with Crippen molar-refractivity contribution in [2.75, 3.05) is 19.6 Å². The van der Waals surface area contributed by atoms with Crippen molar-refractivity contribution in [1.29, 1.82) is 0 Å². The van der Waals surface area contributed by atoms with E-state index in [2.05, 4.69) is 17.1 Å². The number of likely N-dealkylation sites (tertiary alicyclic amines) is 1. The molecule has 0 spiro atoms. The number of rotatable bonds is 1. The van der Waals surface area contributed by atoms with Crippen LogP contribution in [0.4, 0.5) is 0 Å². The first-order valence-electron chi connectivity index (χ1n) is 5.33. The van der Waals surface area contributed by atoms with Gasteiger partial charge in [0, 0.05) is 19.0 Å². The molecule has 2 atom stereocenters. The number of hydrogen-bond donors (Lipinski definition) is 1. The Morgan fingerprint density at radius 1 is 1.54 bits per heavy atom. The minimum atomic E-state index is 0.366. The summed E-state index contributed by atoms with van der Waals surface area (Å²) in [6.45, 7) is 5.15. The molecule has 0 saturated carbocycles. The van der Waals surface area contributed by atoms with Gasteiger partial charge in [-0.3, -0.25) is 4.79 Å². The molecule has 0 aliphatic carbocycles. The van der Waals surface area contributed by atoms with Gasteiger partial charge in [0.05, 0.1) is 0 Å². The van der Waals surface area contributed by atoms with Gasteiger partial charge in [0.2, 0.25) is 5.91 Å². The fourth-order valence-corrected chi connectivity index (χ4v) is 2.66. The van der Waals surface area contributed by atoms with E-state index >= 15 is 0 Å². The molecule has 74 valence electrons. The van der Waals surface area contributed by atoms with Gasteiger partial charge in [0.15, 0.2) is 0 Å². The Labute approximate surface area is 79.5 Å². The Balaban J connectivity index is 2.09. The number of carbonyl (C=O) groups is 1. The molecule has 0 unspecified atom stereocenters. The van der Waals surface area contributed by atoms with Gasteiger partial charge in [-0.15, -0.1) is 0 Å². The highest BCUT2D eigenvalue weighted by molar-refractivity contribution is 5.77. The van der Waals surface area contributed by atoms with Gasteiger partial charge in [-0.05, 0) is 38.8 Å². The maximum absolute atomic E-state index is 11.6. The fraction of sp³-hybridized carbons (Fsp3) is 0.900. The monoisotopic (exact) mass is 182 g/mol. The highest BCUT2D eigenvalue weighted by Gasteiger charge is 2.35. The highest BCUT2D eigenvalue weighted by Crippen LogP contribution is 2.27. The predicted octanol–water partition coefficient (Wildman–Crippen LogP) is 0.607. The summed E-state index contributed by atoms with van der Waals surface area (Å²) >= 11 is 0. The molecular weight excluding hydrogens is 164 g/mol. The maximum atomic E-state index is 11.6. The SMILES string of the molecule is CCN1C(=O)CC[C@H]2CNCC[C@H]21. The lowest BCUT2D eigenvalue weighted by molar-refractivity contribution is -0.139. The lowest BCUT2D eigenvalue weighted by atomic mass is 9.84. The van der Waals surface area contributed by atoms with E-state index in [1.165, 1.54) is 0 Å². The van der Waals surface area contributed by atoms with Gasteiger partial charge >= 0.3 is 0 Å². The van der Waals surface area contributed by atoms with Crippen LogP contribution in [0.25, 0.3) is 0 Å². The van der Waals surface area contributed by atoms with Gasteiger partial charge in [0.1, 0.15) is 0 Å². The van der Waals surface area contributed by atoms with Crippen LogP contribution in [0.15, 0.2) is 0 Å². The molecule has 2 heterocycles. The van der Waals surface area contributed by atoms with Crippen molar-refractivity contribution in [2.45, 2.75) is 32.2 Å². The first kappa shape index (κ1) is 9.00. The highest BCUT2D eigenvalue weighted by atomic mass is 16.2. The fourth-order valence-electron chi connectivity index (χ4n) is 2.66. The summed E-state index contributed by atoms with van der Waals surface area (Å²) in [7, 11) is 0. The number of carbonyl (C=O) groups excluding carboxylic acids is 1. The van der Waals surface area contributed by atoms with E-state index < -0.39 is 0 Å². The molecule has 2 aliphatic rings. The molecule has 0 aromatic carbocycles. The normalized spacial score (nSPS) is 34.5. The summed E-state index contributed by atoms with van der Waals surface area (Å²) in [6, 6.07) is 0.535. The molecule has 3 heteroatoms. The Kier molecular flexibility index (Phi) is 2.54. The molecule has 2 aliphatic heterocycles. The lowest BCUT2D eigenvalue weighted by Crippen LogP contribution is -2.54. The average Bonchev–Trinajstić information content (AvgIpc) is 2.18. The molecule has 0 aromatic rings. The van der Waals surface area contributed by atoms with Crippen LogP contribution in [0, 0.1) is 5.92 Å². The molecule has 2 fully saturated rings. The molecule has 1 amide bonds. The van der Waals surface area contributed by atoms with Crippen molar-refractivity contribution in [3.05, 3.63) is 0 Å². The molecule has 2 saturated heterocycles. The van der Waals surface area contributed by atoms with Crippen LogP contribution in [0.1, 0.15) is 26.2 Å². The zero-order valence-electron chi connectivity index (χ0n) is 8.25. The van der Waals surface area contributed by atoms with Crippen LogP contribution in [0.2, 0.25) is 0 Å². The van der Waals surface area contributed by atoms with Crippen LogP contribution >= 0.6 is 0 Å². The summed E-state index contributed by atoms with van der Waals surface area (Å²) < 4.78 is 0. The van der Waals surface area contributed by atoms with E-state index in [4.69, 9.17) is 0 Å². The summed E-state index contributed by atoms with van der Waals surface area (Å²) in [6.07, 6.45) is 2.99. The summed E-state index contributed by atoms with van der Waals surface area (Å²) in [5.74, 6) is 1.08. The molecule has 3 nitrogen and oxygen atoms in total. The first-order valence-corrected chi connectivity index (χ1v) is 5.33. The average molecular weight is 182 g/mol. The largest absolute Gasteiger partial charge is 0.340 e. The molecule has 0 radical (unpaired) electrons. The quantitative estimate of drug-likeness (QED) is 0.644. The molecule has 2 rings (SSSR count). The van der Waals surface area contributed by atoms with Crippen molar-refractivity contribution >= 4 is 5.91 Å². The molecule has 0 aromatic heterocycles. The van der Waals surface area contributed by atoms with E-state index in [1.807, 2.05) is 0 Å². The zero-order valence-corrected chi connectivity index (χ0v) is 8.25. The van der Waals surface area contributed by atoms with Crippen LogP contribution in [0.3, 0.4) is 0 Å². The number of hydrogen-bond acceptors (Lipinski definition) is 2. The van der Waals surface area contributed by atoms with Crippen molar-refractivity contribution in [3.63, 3.8) is 0 Å². The lowest BCUT2D eigenvalue weighted by Gasteiger charge is -2.43. The second kappa shape index (κ2) is 3.66. The van der Waals surface area contributed by atoms with Gasteiger partial charge in [-0.1, -0.05) is 0 Å². The number of nitrogens with zero attached hydrogens (tertiary/aromatic N) is 1.